The summed E-state index contributed by atoms with van der Waals surface area (Å²) in [5.74, 6) is 0. The zero-order valence-electron chi connectivity index (χ0n) is 6.68. The Morgan fingerprint density at radius 3 is 1.08 bits per heavy atom. The van der Waals surface area contributed by atoms with Crippen LogP contribution in [0.4, 0.5) is 9.59 Å². The first-order valence-electron chi connectivity index (χ1n) is 3.36. The quantitative estimate of drug-likeness (QED) is 0.570. The minimum Gasteiger partial charge on any atom is -0.465 e. The van der Waals surface area contributed by atoms with Gasteiger partial charge in [0.1, 0.15) is 0 Å². The van der Waals surface area contributed by atoms with E-state index in [9.17, 15) is 9.59 Å². The van der Waals surface area contributed by atoms with E-state index in [1.54, 1.807) is 0 Å². The number of hydrogen-bond donors (Lipinski definition) is 3. The van der Waals surface area contributed by atoms with Gasteiger partial charge in [-0.3, -0.25) is 0 Å². The topological polar surface area (TPSA) is 86.6 Å². The number of amides is 2. The fraction of sp³-hybridized carbons (Fsp3) is 0. The smallest absolute Gasteiger partial charge is 0.414 e. The Hall–Kier alpha value is -2.04. The van der Waals surface area contributed by atoms with Gasteiger partial charge in [0.15, 0.2) is 0 Å². The van der Waals surface area contributed by atoms with E-state index in [1.807, 2.05) is 36.4 Å². The third-order valence-corrected chi connectivity index (χ3v) is 0.881. The normalized spacial score (nSPS) is 7.69. The lowest BCUT2D eigenvalue weighted by Gasteiger charge is -1.85. The van der Waals surface area contributed by atoms with Crippen LogP contribution in [0.5, 0.6) is 0 Å². The highest BCUT2D eigenvalue weighted by Crippen LogP contribution is 1.79. The monoisotopic (exact) mass is 183 g/mol. The second-order valence-corrected chi connectivity index (χ2v) is 1.89. The van der Waals surface area contributed by atoms with Crippen LogP contribution in [-0.4, -0.2) is 22.4 Å². The van der Waals surface area contributed by atoms with Crippen LogP contribution < -0.4 is 5.32 Å². The summed E-state index contributed by atoms with van der Waals surface area (Å²) in [5, 5.41) is 16.3. The van der Waals surface area contributed by atoms with Crippen molar-refractivity contribution in [3.63, 3.8) is 0 Å². The van der Waals surface area contributed by atoms with Gasteiger partial charge in [-0.05, 0) is 0 Å². The van der Waals surface area contributed by atoms with Gasteiger partial charge >= 0.3 is 12.2 Å². The zero-order valence-corrected chi connectivity index (χ0v) is 6.68. The molecule has 1 rings (SSSR count). The van der Waals surface area contributed by atoms with Crippen molar-refractivity contribution in [1.82, 2.24) is 5.32 Å². The molecular weight excluding hydrogens is 174 g/mol. The molecule has 1 aromatic rings. The van der Waals surface area contributed by atoms with E-state index in [1.165, 1.54) is 0 Å². The maximum absolute atomic E-state index is 9.32. The fourth-order valence-electron chi connectivity index (χ4n) is 0.476. The SMILES string of the molecule is O=C(O)NC(=O)O.c1ccccc1. The van der Waals surface area contributed by atoms with E-state index >= 15 is 0 Å². The number of imide groups is 1. The van der Waals surface area contributed by atoms with Crippen LogP contribution in [0, 0.1) is 0 Å². The number of carbonyl (C=O) groups is 2. The third kappa shape index (κ3) is 9.96. The summed E-state index contributed by atoms with van der Waals surface area (Å²) in [6.07, 6.45) is -3.12. The van der Waals surface area contributed by atoms with Crippen molar-refractivity contribution >= 4 is 12.2 Å². The van der Waals surface area contributed by atoms with Gasteiger partial charge in [-0.1, -0.05) is 36.4 Å². The van der Waals surface area contributed by atoms with Crippen LogP contribution in [0.15, 0.2) is 36.4 Å². The van der Waals surface area contributed by atoms with Crippen LogP contribution in [0.1, 0.15) is 0 Å². The van der Waals surface area contributed by atoms with Gasteiger partial charge in [-0.25, -0.2) is 14.9 Å². The second-order valence-electron chi connectivity index (χ2n) is 1.89. The molecule has 0 heterocycles. The Balaban J connectivity index is 0.000000223. The maximum Gasteiger partial charge on any atom is 0.414 e. The minimum absolute atomic E-state index is 1.14. The van der Waals surface area contributed by atoms with Gasteiger partial charge in [0.2, 0.25) is 0 Å². The lowest BCUT2D eigenvalue weighted by Crippen LogP contribution is -2.26. The van der Waals surface area contributed by atoms with E-state index in [0.29, 0.717) is 0 Å². The lowest BCUT2D eigenvalue weighted by atomic mass is 10.4. The lowest BCUT2D eigenvalue weighted by molar-refractivity contribution is 0.174. The summed E-state index contributed by atoms with van der Waals surface area (Å²) < 4.78 is 0. The largest absolute Gasteiger partial charge is 0.465 e. The predicted molar refractivity (Wildman–Crippen MR) is 45.6 cm³/mol. The Morgan fingerprint density at radius 2 is 1.00 bits per heavy atom. The molecule has 0 aliphatic heterocycles. The average molecular weight is 183 g/mol. The summed E-state index contributed by atoms with van der Waals surface area (Å²) >= 11 is 0. The molecule has 0 saturated heterocycles. The van der Waals surface area contributed by atoms with Gasteiger partial charge < -0.3 is 10.2 Å². The first-order valence-corrected chi connectivity index (χ1v) is 3.36. The molecule has 0 saturated carbocycles. The van der Waals surface area contributed by atoms with Gasteiger partial charge in [0, 0.05) is 0 Å². The van der Waals surface area contributed by atoms with E-state index < -0.39 is 12.2 Å². The van der Waals surface area contributed by atoms with Crippen molar-refractivity contribution in [3.8, 4) is 0 Å². The Kier molecular flexibility index (Phi) is 5.61. The predicted octanol–water partition coefficient (Wildman–Crippen LogP) is 1.62. The van der Waals surface area contributed by atoms with Crippen molar-refractivity contribution in [3.05, 3.63) is 36.4 Å². The molecule has 13 heavy (non-hydrogen) atoms. The van der Waals surface area contributed by atoms with E-state index in [-0.39, 0.29) is 0 Å². The molecule has 5 heteroatoms. The third-order valence-electron chi connectivity index (χ3n) is 0.881. The van der Waals surface area contributed by atoms with Crippen LogP contribution in [0.2, 0.25) is 0 Å². The molecule has 0 bridgehead atoms. The minimum atomic E-state index is -1.56. The number of benzene rings is 1. The van der Waals surface area contributed by atoms with Crippen LogP contribution in [0.3, 0.4) is 0 Å². The molecule has 0 aliphatic rings. The highest BCUT2D eigenvalue weighted by atomic mass is 16.4. The first kappa shape index (κ1) is 11.0. The van der Waals surface area contributed by atoms with Crippen molar-refractivity contribution in [2.24, 2.45) is 0 Å². The maximum atomic E-state index is 9.32. The number of rotatable bonds is 0. The molecule has 0 aromatic heterocycles. The van der Waals surface area contributed by atoms with Crippen molar-refractivity contribution < 1.29 is 19.8 Å². The van der Waals surface area contributed by atoms with Crippen molar-refractivity contribution in [2.75, 3.05) is 0 Å². The van der Waals surface area contributed by atoms with Gasteiger partial charge in [-0.15, -0.1) is 0 Å². The second kappa shape index (κ2) is 6.66. The van der Waals surface area contributed by atoms with Gasteiger partial charge in [-0.2, -0.15) is 0 Å². The highest BCUT2D eigenvalue weighted by Gasteiger charge is 1.97. The summed E-state index contributed by atoms with van der Waals surface area (Å²) in [6, 6.07) is 12.0. The average Bonchev–Trinajstić information content (AvgIpc) is 2.06. The Labute approximate surface area is 74.6 Å². The standard InChI is InChI=1S/C6H6.C2H3NO4/c1-2-4-6-5-3-1;4-1(5)3-2(6)7/h1-6H;3H,(H,4,5)(H,6,7). The zero-order chi connectivity index (χ0) is 10.1. The number of hydrogen-bond acceptors (Lipinski definition) is 2. The summed E-state index contributed by atoms with van der Waals surface area (Å²) in [5.41, 5.74) is 0. The van der Waals surface area contributed by atoms with Crippen molar-refractivity contribution in [1.29, 1.82) is 0 Å². The van der Waals surface area contributed by atoms with Crippen LogP contribution in [-0.2, 0) is 0 Å². The molecule has 70 valence electrons. The molecule has 0 atom stereocenters. The van der Waals surface area contributed by atoms with E-state index in [0.717, 1.165) is 5.32 Å². The van der Waals surface area contributed by atoms with E-state index in [4.69, 9.17) is 10.2 Å². The first-order chi connectivity index (χ1) is 6.13. The van der Waals surface area contributed by atoms with Crippen LogP contribution in [0.25, 0.3) is 0 Å². The molecule has 0 aliphatic carbocycles. The Morgan fingerprint density at radius 1 is 0.769 bits per heavy atom. The van der Waals surface area contributed by atoms with Crippen molar-refractivity contribution in [2.45, 2.75) is 0 Å². The Bertz CT molecular complexity index is 221. The molecule has 1 aromatic carbocycles. The van der Waals surface area contributed by atoms with Gasteiger partial charge in [0.25, 0.3) is 0 Å². The fourth-order valence-corrected chi connectivity index (χ4v) is 0.476. The molecule has 0 fully saturated rings. The van der Waals surface area contributed by atoms with Gasteiger partial charge in [0.05, 0.1) is 0 Å². The van der Waals surface area contributed by atoms with Crippen LogP contribution >= 0.6 is 0 Å². The summed E-state index contributed by atoms with van der Waals surface area (Å²) in [7, 11) is 0. The molecule has 3 N–H and O–H groups in total. The molecule has 0 unspecified atom stereocenters. The molecule has 0 spiro atoms. The molecule has 0 radical (unpaired) electrons. The van der Waals surface area contributed by atoms with E-state index in [2.05, 4.69) is 0 Å². The molecular formula is C8H9NO4. The highest BCUT2D eigenvalue weighted by molar-refractivity contribution is 5.84. The summed E-state index contributed by atoms with van der Waals surface area (Å²) in [4.78, 5) is 18.6. The number of carboxylic acid groups (broad SMARTS) is 2. The molecule has 2 amide bonds. The molecule has 5 nitrogen and oxygen atoms in total. The summed E-state index contributed by atoms with van der Waals surface area (Å²) in [6.45, 7) is 0. The number of nitrogens with one attached hydrogen (secondary N) is 1.